The smallest absolute Gasteiger partial charge is 0.0276 e. The third kappa shape index (κ3) is 4.33. The number of benzene rings is 1. The second-order valence-electron chi connectivity index (χ2n) is 4.32. The summed E-state index contributed by atoms with van der Waals surface area (Å²) in [6, 6.07) is 6.77. The predicted octanol–water partition coefficient (Wildman–Crippen LogP) is 4.59. The molecule has 0 atom stereocenters. The molecule has 0 saturated carbocycles. The van der Waals surface area contributed by atoms with Crippen molar-refractivity contribution in [2.75, 3.05) is 0 Å². The summed E-state index contributed by atoms with van der Waals surface area (Å²) in [5, 5.41) is 0. The van der Waals surface area contributed by atoms with E-state index in [9.17, 15) is 0 Å². The first-order valence-corrected chi connectivity index (χ1v) is 5.91. The summed E-state index contributed by atoms with van der Waals surface area (Å²) in [6.07, 6.45) is 8.30. The van der Waals surface area contributed by atoms with Gasteiger partial charge in [-0.2, -0.15) is 0 Å². The van der Waals surface area contributed by atoms with Crippen molar-refractivity contribution in [1.29, 1.82) is 0 Å². The summed E-state index contributed by atoms with van der Waals surface area (Å²) >= 11 is 0. The first-order chi connectivity index (χ1) is 7.24. The molecule has 0 amide bonds. The van der Waals surface area contributed by atoms with Crippen LogP contribution in [0.25, 0.3) is 0 Å². The van der Waals surface area contributed by atoms with Crippen molar-refractivity contribution >= 4 is 0 Å². The highest BCUT2D eigenvalue weighted by Gasteiger charge is 1.98. The fraction of sp³-hybridized carbons (Fsp3) is 0.467. The van der Waals surface area contributed by atoms with E-state index in [2.05, 4.69) is 38.6 Å². The quantitative estimate of drug-likeness (QED) is 0.467. The predicted molar refractivity (Wildman–Crippen MR) is 68.3 cm³/mol. The molecule has 0 heteroatoms. The standard InChI is InChI=1S/C15H22/c1-4-5-6-7-8-9-15-11-10-13(2)12-14(15)3/h4,10-12H,1,5-9H2,2-3H3. The van der Waals surface area contributed by atoms with Crippen LogP contribution in [0.2, 0.25) is 0 Å². The largest absolute Gasteiger partial charge is 0.103 e. The maximum absolute atomic E-state index is 3.74. The lowest BCUT2D eigenvalue weighted by atomic mass is 10.00. The average molecular weight is 202 g/mol. The Labute approximate surface area is 94.0 Å². The first-order valence-electron chi connectivity index (χ1n) is 5.91. The SMILES string of the molecule is C=CCCCCCc1ccc(C)cc1C. The van der Waals surface area contributed by atoms with E-state index in [1.165, 1.54) is 42.4 Å². The summed E-state index contributed by atoms with van der Waals surface area (Å²) in [7, 11) is 0. The molecule has 0 aliphatic carbocycles. The highest BCUT2D eigenvalue weighted by atomic mass is 14.0. The Balaban J connectivity index is 2.34. The molecule has 0 fully saturated rings. The molecule has 0 bridgehead atoms. The van der Waals surface area contributed by atoms with E-state index >= 15 is 0 Å². The number of allylic oxidation sites excluding steroid dienone is 1. The van der Waals surface area contributed by atoms with Crippen molar-refractivity contribution in [2.24, 2.45) is 0 Å². The van der Waals surface area contributed by atoms with Gasteiger partial charge in [-0.05, 0) is 50.7 Å². The molecule has 1 aromatic carbocycles. The van der Waals surface area contributed by atoms with Crippen LogP contribution < -0.4 is 0 Å². The van der Waals surface area contributed by atoms with Crippen molar-refractivity contribution < 1.29 is 0 Å². The van der Waals surface area contributed by atoms with E-state index < -0.39 is 0 Å². The molecule has 15 heavy (non-hydrogen) atoms. The molecule has 0 spiro atoms. The molecule has 0 unspecified atom stereocenters. The third-order valence-electron chi connectivity index (χ3n) is 2.85. The van der Waals surface area contributed by atoms with Gasteiger partial charge in [0.1, 0.15) is 0 Å². The van der Waals surface area contributed by atoms with Gasteiger partial charge in [-0.3, -0.25) is 0 Å². The van der Waals surface area contributed by atoms with Gasteiger partial charge in [0.25, 0.3) is 0 Å². The number of hydrogen-bond donors (Lipinski definition) is 0. The minimum atomic E-state index is 1.16. The second-order valence-corrected chi connectivity index (χ2v) is 4.32. The molecule has 0 aromatic heterocycles. The highest BCUT2D eigenvalue weighted by Crippen LogP contribution is 2.14. The lowest BCUT2D eigenvalue weighted by Gasteiger charge is -2.06. The van der Waals surface area contributed by atoms with Crippen LogP contribution in [0.4, 0.5) is 0 Å². The highest BCUT2D eigenvalue weighted by molar-refractivity contribution is 5.30. The Bertz CT molecular complexity index is 310. The van der Waals surface area contributed by atoms with Crippen molar-refractivity contribution in [2.45, 2.75) is 46.0 Å². The molecule has 0 N–H and O–H groups in total. The maximum Gasteiger partial charge on any atom is -0.0276 e. The molecule has 0 nitrogen and oxygen atoms in total. The first kappa shape index (κ1) is 12.0. The van der Waals surface area contributed by atoms with Gasteiger partial charge in [-0.25, -0.2) is 0 Å². The molecule has 0 radical (unpaired) electrons. The number of hydrogen-bond acceptors (Lipinski definition) is 0. The maximum atomic E-state index is 3.74. The molecule has 82 valence electrons. The Hall–Kier alpha value is -1.04. The Morgan fingerprint density at radius 3 is 2.60 bits per heavy atom. The summed E-state index contributed by atoms with van der Waals surface area (Å²) in [5.74, 6) is 0. The number of unbranched alkanes of at least 4 members (excludes halogenated alkanes) is 3. The molecule has 0 saturated heterocycles. The minimum Gasteiger partial charge on any atom is -0.103 e. The van der Waals surface area contributed by atoms with Gasteiger partial charge in [0.05, 0.1) is 0 Å². The van der Waals surface area contributed by atoms with Gasteiger partial charge in [-0.15, -0.1) is 6.58 Å². The van der Waals surface area contributed by atoms with Crippen LogP contribution in [0.1, 0.15) is 42.4 Å². The van der Waals surface area contributed by atoms with Crippen LogP contribution in [0.5, 0.6) is 0 Å². The summed E-state index contributed by atoms with van der Waals surface area (Å²) < 4.78 is 0. The van der Waals surface area contributed by atoms with Crippen LogP contribution in [-0.4, -0.2) is 0 Å². The van der Waals surface area contributed by atoms with E-state index in [0.29, 0.717) is 0 Å². The molecule has 0 aliphatic heterocycles. The molecule has 0 aliphatic rings. The minimum absolute atomic E-state index is 1.16. The zero-order valence-electron chi connectivity index (χ0n) is 10.1. The second kappa shape index (κ2) is 6.44. The lowest BCUT2D eigenvalue weighted by molar-refractivity contribution is 0.686. The molecular formula is C15H22. The van der Waals surface area contributed by atoms with E-state index in [1.54, 1.807) is 0 Å². The van der Waals surface area contributed by atoms with Gasteiger partial charge in [0.15, 0.2) is 0 Å². The van der Waals surface area contributed by atoms with Crippen molar-refractivity contribution in [1.82, 2.24) is 0 Å². The van der Waals surface area contributed by atoms with Crippen LogP contribution >= 0.6 is 0 Å². The van der Waals surface area contributed by atoms with Crippen molar-refractivity contribution in [3.05, 3.63) is 47.5 Å². The topological polar surface area (TPSA) is 0 Å². The molecular weight excluding hydrogens is 180 g/mol. The van der Waals surface area contributed by atoms with Gasteiger partial charge in [-0.1, -0.05) is 36.3 Å². The number of aryl methyl sites for hydroxylation is 3. The van der Waals surface area contributed by atoms with Crippen LogP contribution in [0.3, 0.4) is 0 Å². The van der Waals surface area contributed by atoms with E-state index in [0.717, 1.165) is 6.42 Å². The van der Waals surface area contributed by atoms with Crippen molar-refractivity contribution in [3.8, 4) is 0 Å². The lowest BCUT2D eigenvalue weighted by Crippen LogP contribution is -1.90. The normalized spacial score (nSPS) is 10.3. The van der Waals surface area contributed by atoms with E-state index in [4.69, 9.17) is 0 Å². The summed E-state index contributed by atoms with van der Waals surface area (Å²) in [6.45, 7) is 8.11. The number of rotatable bonds is 6. The zero-order chi connectivity index (χ0) is 11.1. The fourth-order valence-corrected chi connectivity index (χ4v) is 1.91. The van der Waals surface area contributed by atoms with Crippen LogP contribution in [0.15, 0.2) is 30.9 Å². The van der Waals surface area contributed by atoms with Crippen LogP contribution in [-0.2, 0) is 6.42 Å². The van der Waals surface area contributed by atoms with Gasteiger partial charge in [0.2, 0.25) is 0 Å². The monoisotopic (exact) mass is 202 g/mol. The molecule has 0 heterocycles. The Morgan fingerprint density at radius 1 is 1.13 bits per heavy atom. The van der Waals surface area contributed by atoms with E-state index in [-0.39, 0.29) is 0 Å². The average Bonchev–Trinajstić information content (AvgIpc) is 2.20. The molecule has 1 aromatic rings. The third-order valence-corrected chi connectivity index (χ3v) is 2.85. The Kier molecular flexibility index (Phi) is 5.17. The summed E-state index contributed by atoms with van der Waals surface area (Å²) in [5.41, 5.74) is 4.32. The van der Waals surface area contributed by atoms with Crippen molar-refractivity contribution in [3.63, 3.8) is 0 Å². The molecule has 1 rings (SSSR count). The van der Waals surface area contributed by atoms with Gasteiger partial charge >= 0.3 is 0 Å². The van der Waals surface area contributed by atoms with Gasteiger partial charge in [0, 0.05) is 0 Å². The van der Waals surface area contributed by atoms with Crippen LogP contribution in [0, 0.1) is 13.8 Å². The Morgan fingerprint density at radius 2 is 1.93 bits per heavy atom. The zero-order valence-corrected chi connectivity index (χ0v) is 10.1. The summed E-state index contributed by atoms with van der Waals surface area (Å²) in [4.78, 5) is 0. The fourth-order valence-electron chi connectivity index (χ4n) is 1.91. The van der Waals surface area contributed by atoms with E-state index in [1.807, 2.05) is 6.08 Å². The van der Waals surface area contributed by atoms with Gasteiger partial charge < -0.3 is 0 Å².